The molecule has 0 amide bonds. The molecule has 0 radical (unpaired) electrons. The second kappa shape index (κ2) is 6.86. The second-order valence-corrected chi connectivity index (χ2v) is 1.68. The van der Waals surface area contributed by atoms with E-state index in [0.29, 0.717) is 0 Å². The van der Waals surface area contributed by atoms with Crippen LogP contribution in [0.4, 0.5) is 4.39 Å². The van der Waals surface area contributed by atoms with E-state index < -0.39 is 12.0 Å². The molecule has 0 aromatic carbocycles. The summed E-state index contributed by atoms with van der Waals surface area (Å²) in [5.41, 5.74) is 0. The second-order valence-electron chi connectivity index (χ2n) is 1.68. The highest BCUT2D eigenvalue weighted by Gasteiger charge is 2.12. The molecule has 0 saturated heterocycles. The fraction of sp³-hybridized carbons (Fsp3) is 0. The number of hydrogen-bond donors (Lipinski definition) is 1. The van der Waals surface area contributed by atoms with Crippen molar-refractivity contribution < 1.29 is 24.1 Å². The van der Waals surface area contributed by atoms with E-state index in [2.05, 4.69) is 9.87 Å². The molecule has 0 bridgehead atoms. The fourth-order valence-electron chi connectivity index (χ4n) is 0.348. The Hall–Kier alpha value is -1.82. The van der Waals surface area contributed by atoms with Gasteiger partial charge in [-0.05, 0) is 12.1 Å². The van der Waals surface area contributed by atoms with Gasteiger partial charge < -0.3 is 0 Å². The molecule has 0 saturated carbocycles. The molecular formula is C7H6FNO4. The van der Waals surface area contributed by atoms with Crippen molar-refractivity contribution in [2.75, 3.05) is 0 Å². The molecule has 13 heavy (non-hydrogen) atoms. The molecule has 1 aromatic rings. The van der Waals surface area contributed by atoms with Crippen molar-refractivity contribution >= 4 is 12.0 Å². The predicted molar refractivity (Wildman–Crippen MR) is 39.1 cm³/mol. The molecule has 0 unspecified atom stereocenters. The first-order valence-electron chi connectivity index (χ1n) is 3.08. The Morgan fingerprint density at radius 1 is 1.23 bits per heavy atom. The lowest BCUT2D eigenvalue weighted by Gasteiger charge is -1.80. The largest absolute Gasteiger partial charge is 0.441 e. The Kier molecular flexibility index (Phi) is 5.90. The SMILES string of the molecule is O=C(F)C(=O)OO.c1ccncc1. The molecule has 1 heterocycles. The van der Waals surface area contributed by atoms with Crippen LogP contribution >= 0.6 is 0 Å². The molecule has 5 nitrogen and oxygen atoms in total. The van der Waals surface area contributed by atoms with Crippen molar-refractivity contribution in [3.63, 3.8) is 0 Å². The maximum atomic E-state index is 10.8. The van der Waals surface area contributed by atoms with E-state index in [1.165, 1.54) is 0 Å². The minimum absolute atomic E-state index is 1.75. The number of carbonyl (C=O) groups is 2. The van der Waals surface area contributed by atoms with Crippen LogP contribution in [0.3, 0.4) is 0 Å². The lowest BCUT2D eigenvalue weighted by atomic mass is 10.5. The number of pyridine rings is 1. The van der Waals surface area contributed by atoms with Crippen LogP contribution in [0.1, 0.15) is 0 Å². The van der Waals surface area contributed by atoms with Gasteiger partial charge in [-0.15, -0.1) is 0 Å². The van der Waals surface area contributed by atoms with Gasteiger partial charge in [0.2, 0.25) is 0 Å². The zero-order chi connectivity index (χ0) is 10.1. The summed E-state index contributed by atoms with van der Waals surface area (Å²) in [6.45, 7) is 0. The number of nitrogens with zero attached hydrogens (tertiary/aromatic N) is 1. The monoisotopic (exact) mass is 187 g/mol. The van der Waals surface area contributed by atoms with Crippen molar-refractivity contribution in [2.45, 2.75) is 0 Å². The first-order chi connectivity index (χ1) is 6.18. The molecule has 0 aliphatic carbocycles. The summed E-state index contributed by atoms with van der Waals surface area (Å²) >= 11 is 0. The summed E-state index contributed by atoms with van der Waals surface area (Å²) < 4.78 is 10.8. The minimum Gasteiger partial charge on any atom is -0.289 e. The number of rotatable bonds is 1. The molecule has 0 fully saturated rings. The van der Waals surface area contributed by atoms with Crippen molar-refractivity contribution in [1.82, 2.24) is 4.98 Å². The Morgan fingerprint density at radius 3 is 1.85 bits per heavy atom. The first kappa shape index (κ1) is 11.2. The van der Waals surface area contributed by atoms with Gasteiger partial charge >= 0.3 is 12.0 Å². The number of aromatic nitrogens is 1. The third-order valence-corrected chi connectivity index (χ3v) is 0.810. The van der Waals surface area contributed by atoms with Crippen molar-refractivity contribution in [3.05, 3.63) is 30.6 Å². The van der Waals surface area contributed by atoms with E-state index in [9.17, 15) is 9.18 Å². The summed E-state index contributed by atoms with van der Waals surface area (Å²) in [5, 5.41) is 7.19. The zero-order valence-corrected chi connectivity index (χ0v) is 6.38. The average Bonchev–Trinajstić information content (AvgIpc) is 2.20. The third kappa shape index (κ3) is 6.57. The topological polar surface area (TPSA) is 76.5 Å². The molecule has 1 aromatic heterocycles. The standard InChI is InChI=1S/C5H5N.C2HFO4/c1-2-4-6-5-3-1;3-1(4)2(5)7-6/h1-5H;6H. The minimum atomic E-state index is -2.32. The van der Waals surface area contributed by atoms with Crippen LogP contribution in [0, 0.1) is 0 Å². The van der Waals surface area contributed by atoms with Gasteiger partial charge in [0.1, 0.15) is 0 Å². The molecule has 1 N–H and O–H groups in total. The van der Waals surface area contributed by atoms with Crippen LogP contribution < -0.4 is 0 Å². The Labute approximate surface area is 72.7 Å². The predicted octanol–water partition coefficient (Wildman–Crippen LogP) is 0.580. The Balaban J connectivity index is 0.000000223. The van der Waals surface area contributed by atoms with Crippen molar-refractivity contribution in [3.8, 4) is 0 Å². The highest BCUT2D eigenvalue weighted by atomic mass is 19.1. The molecule has 6 heteroatoms. The maximum absolute atomic E-state index is 10.8. The Bertz CT molecular complexity index is 238. The van der Waals surface area contributed by atoms with Crippen molar-refractivity contribution in [1.29, 1.82) is 0 Å². The number of hydrogen-bond acceptors (Lipinski definition) is 5. The van der Waals surface area contributed by atoms with E-state index in [-0.39, 0.29) is 0 Å². The van der Waals surface area contributed by atoms with Gasteiger partial charge in [0.25, 0.3) is 0 Å². The van der Waals surface area contributed by atoms with Crippen LogP contribution in [-0.2, 0) is 14.5 Å². The summed E-state index contributed by atoms with van der Waals surface area (Å²) in [7, 11) is 0. The highest BCUT2D eigenvalue weighted by Crippen LogP contribution is 1.75. The zero-order valence-electron chi connectivity index (χ0n) is 6.38. The number of carbonyl (C=O) groups excluding carboxylic acids is 2. The van der Waals surface area contributed by atoms with Crippen LogP contribution in [0.5, 0.6) is 0 Å². The maximum Gasteiger partial charge on any atom is 0.441 e. The summed E-state index contributed by atoms with van der Waals surface area (Å²) in [5.74, 6) is -1.90. The average molecular weight is 187 g/mol. The number of halogens is 1. The van der Waals surface area contributed by atoms with Gasteiger partial charge in [0.05, 0.1) is 0 Å². The van der Waals surface area contributed by atoms with Gasteiger partial charge in [-0.25, -0.2) is 9.59 Å². The first-order valence-corrected chi connectivity index (χ1v) is 3.08. The molecular weight excluding hydrogens is 181 g/mol. The van der Waals surface area contributed by atoms with Gasteiger partial charge in [0, 0.05) is 12.4 Å². The normalized spacial score (nSPS) is 7.85. The highest BCUT2D eigenvalue weighted by molar-refractivity contribution is 6.28. The van der Waals surface area contributed by atoms with Gasteiger partial charge in [-0.2, -0.15) is 9.65 Å². The van der Waals surface area contributed by atoms with E-state index in [0.717, 1.165) is 0 Å². The van der Waals surface area contributed by atoms with E-state index in [1.54, 1.807) is 12.4 Å². The van der Waals surface area contributed by atoms with E-state index in [4.69, 9.17) is 10.1 Å². The quantitative estimate of drug-likeness (QED) is 0.301. The molecule has 0 aliphatic heterocycles. The Morgan fingerprint density at radius 2 is 1.77 bits per heavy atom. The van der Waals surface area contributed by atoms with Crippen LogP contribution in [-0.4, -0.2) is 22.2 Å². The molecule has 0 spiro atoms. The smallest absolute Gasteiger partial charge is 0.289 e. The summed E-state index contributed by atoms with van der Waals surface area (Å²) in [4.78, 5) is 24.8. The van der Waals surface area contributed by atoms with E-state index in [1.807, 2.05) is 18.2 Å². The third-order valence-electron chi connectivity index (χ3n) is 0.810. The molecule has 0 aliphatic rings. The lowest BCUT2D eigenvalue weighted by molar-refractivity contribution is -0.234. The molecule has 0 atom stereocenters. The van der Waals surface area contributed by atoms with Crippen molar-refractivity contribution in [2.24, 2.45) is 0 Å². The van der Waals surface area contributed by atoms with Gasteiger partial charge in [0.15, 0.2) is 0 Å². The van der Waals surface area contributed by atoms with E-state index >= 15 is 0 Å². The van der Waals surface area contributed by atoms with Gasteiger partial charge in [-0.3, -0.25) is 9.87 Å². The molecule has 1 rings (SSSR count). The van der Waals surface area contributed by atoms with Crippen LogP contribution in [0.2, 0.25) is 0 Å². The molecule has 70 valence electrons. The fourth-order valence-corrected chi connectivity index (χ4v) is 0.348. The van der Waals surface area contributed by atoms with Crippen LogP contribution in [0.25, 0.3) is 0 Å². The summed E-state index contributed by atoms with van der Waals surface area (Å²) in [6, 6.07) is 3.40. The van der Waals surface area contributed by atoms with Gasteiger partial charge in [-0.1, -0.05) is 6.07 Å². The van der Waals surface area contributed by atoms with Crippen LogP contribution in [0.15, 0.2) is 30.6 Å². The summed E-state index contributed by atoms with van der Waals surface area (Å²) in [6.07, 6.45) is 3.50. The lowest BCUT2D eigenvalue weighted by Crippen LogP contribution is -2.09.